The van der Waals surface area contributed by atoms with Crippen molar-refractivity contribution in [2.45, 2.75) is 47.6 Å². The van der Waals surface area contributed by atoms with E-state index in [4.69, 9.17) is 4.74 Å². The molecule has 0 aliphatic rings. The lowest BCUT2D eigenvalue weighted by atomic mass is 9.86. The van der Waals surface area contributed by atoms with E-state index in [-0.39, 0.29) is 12.5 Å². The van der Waals surface area contributed by atoms with E-state index < -0.39 is 11.4 Å². The Balaban J connectivity index is 1.78. The van der Waals surface area contributed by atoms with E-state index in [9.17, 15) is 14.7 Å². The van der Waals surface area contributed by atoms with Crippen LogP contribution in [-0.2, 0) is 22.6 Å². The maximum Gasteiger partial charge on any atom is 0.309 e. The number of carboxylic acid groups (broad SMARTS) is 1. The normalized spacial score (nSPS) is 11.2. The molecule has 0 saturated heterocycles. The average molecular weight is 489 g/mol. The van der Waals surface area contributed by atoms with E-state index >= 15 is 0 Å². The molecule has 6 heteroatoms. The molecule has 0 bridgehead atoms. The lowest BCUT2D eigenvalue weighted by molar-refractivity contribution is -0.146. The first-order valence-electron chi connectivity index (χ1n) is 12.1. The second-order valence-electron chi connectivity index (χ2n) is 10.1. The van der Waals surface area contributed by atoms with Gasteiger partial charge in [-0.15, -0.1) is 0 Å². The lowest BCUT2D eigenvalue weighted by Crippen LogP contribution is -2.33. The summed E-state index contributed by atoms with van der Waals surface area (Å²) in [4.78, 5) is 26.6. The van der Waals surface area contributed by atoms with Crippen LogP contribution in [0.15, 0.2) is 60.7 Å². The average Bonchev–Trinajstić information content (AvgIpc) is 2.82. The van der Waals surface area contributed by atoms with Crippen LogP contribution >= 0.6 is 0 Å². The number of aryl methyl sites for hydroxylation is 3. The molecule has 0 heterocycles. The number of anilines is 2. The minimum absolute atomic E-state index is 0.108. The summed E-state index contributed by atoms with van der Waals surface area (Å²) in [6, 6.07) is 19.9. The van der Waals surface area contributed by atoms with Gasteiger partial charge in [-0.25, -0.2) is 0 Å². The highest BCUT2D eigenvalue weighted by Gasteiger charge is 2.27. The highest BCUT2D eigenvalue weighted by molar-refractivity contribution is 5.95. The maximum absolute atomic E-state index is 13.1. The molecule has 190 valence electrons. The zero-order valence-corrected chi connectivity index (χ0v) is 22.0. The Morgan fingerprint density at radius 2 is 1.53 bits per heavy atom. The molecule has 0 radical (unpaired) electrons. The number of aliphatic carboxylic acids is 1. The van der Waals surface area contributed by atoms with Crippen LogP contribution in [0.3, 0.4) is 0 Å². The number of ether oxygens (including phenoxy) is 1. The molecular weight excluding hydrogens is 452 g/mol. The van der Waals surface area contributed by atoms with E-state index in [1.54, 1.807) is 21.0 Å². The number of rotatable bonds is 10. The number of carboxylic acids is 1. The van der Waals surface area contributed by atoms with Crippen LogP contribution < -0.4 is 15.0 Å². The third-order valence-electron chi connectivity index (χ3n) is 6.37. The molecule has 0 aromatic heterocycles. The molecule has 0 fully saturated rings. The minimum atomic E-state index is -0.828. The third-order valence-corrected chi connectivity index (χ3v) is 6.37. The first-order valence-corrected chi connectivity index (χ1v) is 12.1. The van der Waals surface area contributed by atoms with E-state index in [2.05, 4.69) is 5.32 Å². The van der Waals surface area contributed by atoms with Crippen molar-refractivity contribution >= 4 is 23.3 Å². The van der Waals surface area contributed by atoms with Gasteiger partial charge >= 0.3 is 5.97 Å². The van der Waals surface area contributed by atoms with Gasteiger partial charge in [-0.2, -0.15) is 0 Å². The largest absolute Gasteiger partial charge is 0.496 e. The van der Waals surface area contributed by atoms with Crippen LogP contribution in [-0.4, -0.2) is 30.6 Å². The summed E-state index contributed by atoms with van der Waals surface area (Å²) in [5.74, 6) is -0.129. The summed E-state index contributed by atoms with van der Waals surface area (Å²) < 4.78 is 5.38. The lowest BCUT2D eigenvalue weighted by Gasteiger charge is -2.25. The van der Waals surface area contributed by atoms with E-state index in [1.807, 2.05) is 86.3 Å². The van der Waals surface area contributed by atoms with Crippen molar-refractivity contribution in [3.05, 3.63) is 88.5 Å². The summed E-state index contributed by atoms with van der Waals surface area (Å²) in [6.45, 7) is 10.1. The number of hydrogen-bond acceptors (Lipinski definition) is 4. The van der Waals surface area contributed by atoms with Crippen LogP contribution in [0.2, 0.25) is 0 Å². The van der Waals surface area contributed by atoms with Gasteiger partial charge in [-0.3, -0.25) is 9.59 Å². The highest BCUT2D eigenvalue weighted by atomic mass is 16.5. The molecule has 0 aliphatic heterocycles. The van der Waals surface area contributed by atoms with Gasteiger partial charge in [0, 0.05) is 17.9 Å². The Hall–Kier alpha value is -3.80. The van der Waals surface area contributed by atoms with Crippen LogP contribution in [0.25, 0.3) is 0 Å². The van der Waals surface area contributed by atoms with Gasteiger partial charge in [0.2, 0.25) is 5.91 Å². The Kier molecular flexibility index (Phi) is 8.41. The summed E-state index contributed by atoms with van der Waals surface area (Å²) >= 11 is 0. The Labute approximate surface area is 213 Å². The molecule has 0 spiro atoms. The number of carbonyl (C=O) groups is 2. The topological polar surface area (TPSA) is 78.9 Å². The van der Waals surface area contributed by atoms with Gasteiger partial charge in [0.15, 0.2) is 0 Å². The molecule has 36 heavy (non-hydrogen) atoms. The monoisotopic (exact) mass is 488 g/mol. The maximum atomic E-state index is 13.1. The summed E-state index contributed by atoms with van der Waals surface area (Å²) in [6.07, 6.45) is 0.452. The number of methoxy groups -OCH3 is 1. The number of amides is 1. The molecule has 3 aromatic rings. The Morgan fingerprint density at radius 3 is 2.11 bits per heavy atom. The number of nitrogens with zero attached hydrogens (tertiary/aromatic N) is 1. The van der Waals surface area contributed by atoms with Crippen molar-refractivity contribution in [3.8, 4) is 5.75 Å². The standard InChI is InChI=1S/C30H36N2O4/c1-20-7-13-25(14-8-20)32(18-24-11-9-23(10-12-24)17-30(4,5)29(34)35)19-28(33)31-26-15-22(3)27(36-6)16-21(26)2/h7-16H,17-19H2,1-6H3,(H,31,33)(H,34,35). The zero-order valence-electron chi connectivity index (χ0n) is 22.0. The SMILES string of the molecule is COc1cc(C)c(NC(=O)CN(Cc2ccc(CC(C)(C)C(=O)O)cc2)c2ccc(C)cc2)cc1C. The van der Waals surface area contributed by atoms with Gasteiger partial charge in [-0.05, 0) is 87.6 Å². The van der Waals surface area contributed by atoms with Crippen molar-refractivity contribution in [2.24, 2.45) is 5.41 Å². The predicted molar refractivity (Wildman–Crippen MR) is 145 cm³/mol. The van der Waals surface area contributed by atoms with Gasteiger partial charge in [0.25, 0.3) is 0 Å². The molecule has 2 N–H and O–H groups in total. The van der Waals surface area contributed by atoms with Crippen LogP contribution in [0.4, 0.5) is 11.4 Å². The number of benzene rings is 3. The van der Waals surface area contributed by atoms with E-state index in [1.165, 1.54) is 0 Å². The quantitative estimate of drug-likeness (QED) is 0.370. The molecule has 1 amide bonds. The van der Waals surface area contributed by atoms with Gasteiger partial charge in [-0.1, -0.05) is 42.0 Å². The smallest absolute Gasteiger partial charge is 0.309 e. The van der Waals surface area contributed by atoms with E-state index in [0.29, 0.717) is 13.0 Å². The second-order valence-corrected chi connectivity index (χ2v) is 10.1. The number of carbonyl (C=O) groups excluding carboxylic acids is 1. The predicted octanol–water partition coefficient (Wildman–Crippen LogP) is 5.92. The van der Waals surface area contributed by atoms with Crippen LogP contribution in [0.5, 0.6) is 5.75 Å². The highest BCUT2D eigenvalue weighted by Crippen LogP contribution is 2.27. The van der Waals surface area contributed by atoms with E-state index in [0.717, 1.165) is 44.9 Å². The molecule has 0 unspecified atom stereocenters. The van der Waals surface area contributed by atoms with Crippen LogP contribution in [0.1, 0.15) is 41.7 Å². The van der Waals surface area contributed by atoms with Gasteiger partial charge < -0.3 is 20.1 Å². The molecule has 3 aromatic carbocycles. The summed E-state index contributed by atoms with van der Waals surface area (Å²) in [7, 11) is 1.64. The number of hydrogen-bond donors (Lipinski definition) is 2. The van der Waals surface area contributed by atoms with Crippen molar-refractivity contribution < 1.29 is 19.4 Å². The molecule has 0 saturated carbocycles. The molecule has 0 atom stereocenters. The minimum Gasteiger partial charge on any atom is -0.496 e. The second kappa shape index (κ2) is 11.3. The molecule has 0 aliphatic carbocycles. The zero-order chi connectivity index (χ0) is 26.5. The fourth-order valence-corrected chi connectivity index (χ4v) is 4.07. The number of nitrogens with one attached hydrogen (secondary N) is 1. The first-order chi connectivity index (χ1) is 17.0. The fraction of sp³-hybridized carbons (Fsp3) is 0.333. The Bertz CT molecular complexity index is 1210. The van der Waals surface area contributed by atoms with Gasteiger partial charge in [0.1, 0.15) is 5.75 Å². The molecular formula is C30H36N2O4. The third kappa shape index (κ3) is 6.87. The fourth-order valence-electron chi connectivity index (χ4n) is 4.07. The van der Waals surface area contributed by atoms with Crippen molar-refractivity contribution in [1.82, 2.24) is 0 Å². The summed E-state index contributed by atoms with van der Waals surface area (Å²) in [5.41, 5.74) is 5.95. The van der Waals surface area contributed by atoms with Gasteiger partial charge in [0.05, 0.1) is 19.1 Å². The van der Waals surface area contributed by atoms with Crippen molar-refractivity contribution in [3.63, 3.8) is 0 Å². The molecule has 6 nitrogen and oxygen atoms in total. The molecule has 3 rings (SSSR count). The summed E-state index contributed by atoms with van der Waals surface area (Å²) in [5, 5.41) is 12.5. The van der Waals surface area contributed by atoms with Crippen LogP contribution in [0, 0.1) is 26.2 Å². The van der Waals surface area contributed by atoms with Crippen molar-refractivity contribution in [1.29, 1.82) is 0 Å². The van der Waals surface area contributed by atoms with Crippen molar-refractivity contribution in [2.75, 3.05) is 23.9 Å². The Morgan fingerprint density at radius 1 is 0.917 bits per heavy atom. The first kappa shape index (κ1) is 26.8.